The van der Waals surface area contributed by atoms with Crippen LogP contribution in [0.5, 0.6) is 0 Å². The lowest BCUT2D eigenvalue weighted by molar-refractivity contribution is -0.142. The smallest absolute Gasteiger partial charge is 0.381 e. The monoisotopic (exact) mass is 273 g/mol. The van der Waals surface area contributed by atoms with Crippen molar-refractivity contribution >= 4 is 0 Å². The Morgan fingerprint density at radius 1 is 1.26 bits per heavy atom. The largest absolute Gasteiger partial charge is 0.433 e. The average molecular weight is 273 g/mol. The lowest BCUT2D eigenvalue weighted by Gasteiger charge is -2.22. The average Bonchev–Trinajstić information content (AvgIpc) is 2.90. The fourth-order valence-electron chi connectivity index (χ4n) is 2.53. The van der Waals surface area contributed by atoms with Crippen molar-refractivity contribution in [1.29, 1.82) is 0 Å². The molecule has 3 rings (SSSR count). The van der Waals surface area contributed by atoms with Crippen LogP contribution in [-0.2, 0) is 23.9 Å². The molecule has 1 aromatic rings. The van der Waals surface area contributed by atoms with E-state index in [1.165, 1.54) is 0 Å². The molecule has 0 amide bonds. The van der Waals surface area contributed by atoms with Crippen molar-refractivity contribution in [2.75, 3.05) is 19.8 Å². The number of rotatable bonds is 1. The normalized spacial score (nSPS) is 23.4. The molecule has 0 radical (unpaired) electrons. The molecular weight excluding hydrogens is 259 g/mol. The van der Waals surface area contributed by atoms with Gasteiger partial charge in [-0.2, -0.15) is 13.2 Å². The van der Waals surface area contributed by atoms with E-state index in [2.05, 4.69) is 15.3 Å². The van der Waals surface area contributed by atoms with Crippen LogP contribution in [-0.4, -0.2) is 29.7 Å². The van der Waals surface area contributed by atoms with Gasteiger partial charge in [-0.3, -0.25) is 0 Å². The first-order chi connectivity index (χ1) is 9.05. The maximum absolute atomic E-state index is 13.1. The van der Waals surface area contributed by atoms with Gasteiger partial charge in [0.05, 0.1) is 12.3 Å². The van der Waals surface area contributed by atoms with Gasteiger partial charge in [-0.15, -0.1) is 0 Å². The molecule has 1 N–H and O–H groups in total. The molecule has 4 nitrogen and oxygen atoms in total. The van der Waals surface area contributed by atoms with Gasteiger partial charge >= 0.3 is 6.18 Å². The summed E-state index contributed by atoms with van der Waals surface area (Å²) < 4.78 is 44.5. The van der Waals surface area contributed by atoms with Gasteiger partial charge in [-0.05, 0) is 19.4 Å². The van der Waals surface area contributed by atoms with Crippen LogP contribution in [0.1, 0.15) is 35.1 Å². The van der Waals surface area contributed by atoms with E-state index in [0.29, 0.717) is 44.8 Å². The number of ether oxygens (including phenoxy) is 1. The van der Waals surface area contributed by atoms with Crippen LogP contribution in [0.15, 0.2) is 0 Å². The number of halogens is 3. The van der Waals surface area contributed by atoms with Gasteiger partial charge in [0.15, 0.2) is 5.69 Å². The molecule has 2 aliphatic heterocycles. The van der Waals surface area contributed by atoms with Crippen molar-refractivity contribution in [3.05, 3.63) is 22.8 Å². The van der Waals surface area contributed by atoms with Gasteiger partial charge in [0, 0.05) is 24.6 Å². The quantitative estimate of drug-likeness (QED) is 0.845. The Bertz CT molecular complexity index is 484. The van der Waals surface area contributed by atoms with Crippen molar-refractivity contribution in [2.24, 2.45) is 0 Å². The highest BCUT2D eigenvalue weighted by molar-refractivity contribution is 5.31. The Labute approximate surface area is 108 Å². The molecule has 19 heavy (non-hydrogen) atoms. The maximum Gasteiger partial charge on any atom is 0.433 e. The molecule has 0 aliphatic carbocycles. The first-order valence-electron chi connectivity index (χ1n) is 6.31. The number of alkyl halides is 3. The molecule has 1 unspecified atom stereocenters. The van der Waals surface area contributed by atoms with Crippen molar-refractivity contribution in [2.45, 2.75) is 31.5 Å². The van der Waals surface area contributed by atoms with E-state index in [1.807, 2.05) is 0 Å². The third-order valence-electron chi connectivity index (χ3n) is 3.52. The van der Waals surface area contributed by atoms with E-state index in [-0.39, 0.29) is 17.3 Å². The standard InChI is InChI=1S/C12H14F3N3O/c13-12(14,15)10-8-1-3-16-5-9(8)17-11(18-10)7-2-4-19-6-7/h7,16H,1-6H2. The minimum atomic E-state index is -4.42. The molecule has 3 heterocycles. The summed E-state index contributed by atoms with van der Waals surface area (Å²) in [5.74, 6) is 0.153. The number of hydrogen-bond acceptors (Lipinski definition) is 4. The van der Waals surface area contributed by atoms with E-state index >= 15 is 0 Å². The van der Waals surface area contributed by atoms with Crippen LogP contribution in [0, 0.1) is 0 Å². The zero-order chi connectivity index (χ0) is 13.5. The summed E-state index contributed by atoms with van der Waals surface area (Å²) in [5.41, 5.74) is -0.0368. The second-order valence-electron chi connectivity index (χ2n) is 4.84. The molecule has 0 saturated carbocycles. The van der Waals surface area contributed by atoms with Gasteiger partial charge in [0.2, 0.25) is 0 Å². The van der Waals surface area contributed by atoms with Gasteiger partial charge in [0.25, 0.3) is 0 Å². The van der Waals surface area contributed by atoms with Crippen molar-refractivity contribution in [3.8, 4) is 0 Å². The van der Waals surface area contributed by atoms with Crippen molar-refractivity contribution in [1.82, 2.24) is 15.3 Å². The maximum atomic E-state index is 13.1. The van der Waals surface area contributed by atoms with Crippen LogP contribution >= 0.6 is 0 Å². The Morgan fingerprint density at radius 3 is 2.79 bits per heavy atom. The Hall–Kier alpha value is -1.21. The molecule has 1 saturated heterocycles. The summed E-state index contributed by atoms with van der Waals surface area (Å²) in [4.78, 5) is 8.11. The lowest BCUT2D eigenvalue weighted by atomic mass is 10.0. The van der Waals surface area contributed by atoms with Gasteiger partial charge in [-0.1, -0.05) is 0 Å². The molecule has 0 aromatic carbocycles. The molecule has 2 aliphatic rings. The Morgan fingerprint density at radius 2 is 2.11 bits per heavy atom. The van der Waals surface area contributed by atoms with Crippen molar-refractivity contribution in [3.63, 3.8) is 0 Å². The molecule has 0 bridgehead atoms. The topological polar surface area (TPSA) is 47.0 Å². The van der Waals surface area contributed by atoms with E-state index in [1.54, 1.807) is 0 Å². The molecule has 104 valence electrons. The number of nitrogens with one attached hydrogen (secondary N) is 1. The fourth-order valence-corrected chi connectivity index (χ4v) is 2.53. The zero-order valence-corrected chi connectivity index (χ0v) is 10.3. The molecular formula is C12H14F3N3O. The molecule has 1 atom stereocenters. The van der Waals surface area contributed by atoms with Crippen LogP contribution < -0.4 is 5.32 Å². The van der Waals surface area contributed by atoms with E-state index in [4.69, 9.17) is 4.74 Å². The number of hydrogen-bond donors (Lipinski definition) is 1. The molecule has 0 spiro atoms. The Kier molecular flexibility index (Phi) is 3.18. The van der Waals surface area contributed by atoms with Crippen LogP contribution in [0.4, 0.5) is 13.2 Å². The highest BCUT2D eigenvalue weighted by Gasteiger charge is 2.38. The molecule has 1 fully saturated rings. The summed E-state index contributed by atoms with van der Waals surface area (Å²) in [6, 6.07) is 0. The Balaban J connectivity index is 2.07. The summed E-state index contributed by atoms with van der Waals surface area (Å²) in [6.45, 7) is 1.88. The van der Waals surface area contributed by atoms with Crippen LogP contribution in [0.2, 0.25) is 0 Å². The van der Waals surface area contributed by atoms with E-state index in [9.17, 15) is 13.2 Å². The third kappa shape index (κ3) is 2.44. The highest BCUT2D eigenvalue weighted by atomic mass is 19.4. The summed E-state index contributed by atoms with van der Waals surface area (Å²) in [7, 11) is 0. The fraction of sp³-hybridized carbons (Fsp3) is 0.667. The predicted octanol–water partition coefficient (Wildman–Crippen LogP) is 1.64. The van der Waals surface area contributed by atoms with Gasteiger partial charge < -0.3 is 10.1 Å². The number of fused-ring (bicyclic) bond motifs is 1. The second kappa shape index (κ2) is 4.72. The number of aromatic nitrogens is 2. The summed E-state index contributed by atoms with van der Waals surface area (Å²) >= 11 is 0. The molecule has 7 heteroatoms. The first-order valence-corrected chi connectivity index (χ1v) is 6.31. The summed E-state index contributed by atoms with van der Waals surface area (Å²) in [5, 5.41) is 3.05. The van der Waals surface area contributed by atoms with Gasteiger partial charge in [0.1, 0.15) is 5.82 Å². The van der Waals surface area contributed by atoms with Crippen LogP contribution in [0.3, 0.4) is 0 Å². The van der Waals surface area contributed by atoms with Gasteiger partial charge in [-0.25, -0.2) is 9.97 Å². The van der Waals surface area contributed by atoms with Crippen LogP contribution in [0.25, 0.3) is 0 Å². The predicted molar refractivity (Wildman–Crippen MR) is 60.6 cm³/mol. The van der Waals surface area contributed by atoms with Crippen molar-refractivity contribution < 1.29 is 17.9 Å². The highest BCUT2D eigenvalue weighted by Crippen LogP contribution is 2.34. The zero-order valence-electron chi connectivity index (χ0n) is 10.3. The van der Waals surface area contributed by atoms with E-state index in [0.717, 1.165) is 0 Å². The van der Waals surface area contributed by atoms with E-state index < -0.39 is 11.9 Å². The lowest BCUT2D eigenvalue weighted by Crippen LogP contribution is -2.29. The number of nitrogens with zero attached hydrogens (tertiary/aromatic N) is 2. The third-order valence-corrected chi connectivity index (χ3v) is 3.52. The minimum absolute atomic E-state index is 0.117. The first kappa shape index (κ1) is 12.8. The SMILES string of the molecule is FC(F)(F)c1nc(C2CCOC2)nc2c1CCNC2. The minimum Gasteiger partial charge on any atom is -0.381 e. The second-order valence-corrected chi connectivity index (χ2v) is 4.84. The summed E-state index contributed by atoms with van der Waals surface area (Å²) in [6.07, 6.45) is -3.41. The molecule has 1 aromatic heterocycles.